The van der Waals surface area contributed by atoms with Crippen LogP contribution < -0.4 is 0 Å². The van der Waals surface area contributed by atoms with Crippen molar-refractivity contribution < 1.29 is 9.90 Å². The van der Waals surface area contributed by atoms with Crippen molar-refractivity contribution in [3.05, 3.63) is 22.4 Å². The van der Waals surface area contributed by atoms with E-state index in [-0.39, 0.29) is 12.0 Å². The normalized spacial score (nSPS) is 18.2. The van der Waals surface area contributed by atoms with Crippen molar-refractivity contribution in [1.29, 1.82) is 0 Å². The highest BCUT2D eigenvalue weighted by Gasteiger charge is 2.21. The summed E-state index contributed by atoms with van der Waals surface area (Å²) in [6, 6.07) is 4.19. The zero-order chi connectivity index (χ0) is 14.4. The van der Waals surface area contributed by atoms with Gasteiger partial charge in [-0.05, 0) is 31.2 Å². The van der Waals surface area contributed by atoms with Gasteiger partial charge in [0.2, 0.25) is 5.91 Å². The topological polar surface area (TPSA) is 43.8 Å². The Morgan fingerprint density at radius 1 is 1.40 bits per heavy atom. The number of aliphatic hydroxyl groups excluding tert-OH is 1. The van der Waals surface area contributed by atoms with Crippen LogP contribution in [0.1, 0.15) is 24.6 Å². The maximum absolute atomic E-state index is 12.1. The molecule has 0 aliphatic carbocycles. The highest BCUT2D eigenvalue weighted by Crippen LogP contribution is 2.13. The van der Waals surface area contributed by atoms with E-state index in [2.05, 4.69) is 22.4 Å². The number of carbonyl (C=O) groups excluding carboxylic acids is 1. The lowest BCUT2D eigenvalue weighted by molar-refractivity contribution is -0.133. The molecule has 1 aromatic rings. The van der Waals surface area contributed by atoms with Crippen molar-refractivity contribution in [3.63, 3.8) is 0 Å². The molecule has 1 fully saturated rings. The lowest BCUT2D eigenvalue weighted by atomic mass is 10.2. The number of piperazine rings is 1. The van der Waals surface area contributed by atoms with Gasteiger partial charge in [-0.25, -0.2) is 0 Å². The molecule has 0 radical (unpaired) electrons. The van der Waals surface area contributed by atoms with E-state index in [0.29, 0.717) is 13.0 Å². The van der Waals surface area contributed by atoms with E-state index in [0.717, 1.165) is 39.0 Å². The van der Waals surface area contributed by atoms with Gasteiger partial charge >= 0.3 is 0 Å². The number of hydrogen-bond acceptors (Lipinski definition) is 4. The SMILES string of the molecule is CC(O)CN1CCN(C(=O)CCCc2cccs2)CC1. The molecule has 20 heavy (non-hydrogen) atoms. The average Bonchev–Trinajstić information content (AvgIpc) is 2.92. The Hall–Kier alpha value is -0.910. The molecule has 1 saturated heterocycles. The number of amides is 1. The van der Waals surface area contributed by atoms with Crippen molar-refractivity contribution in [2.45, 2.75) is 32.3 Å². The number of rotatable bonds is 6. The largest absolute Gasteiger partial charge is 0.392 e. The Balaban J connectivity index is 1.64. The van der Waals surface area contributed by atoms with Crippen molar-refractivity contribution >= 4 is 17.2 Å². The molecular weight excluding hydrogens is 272 g/mol. The second-order valence-corrected chi connectivity index (χ2v) is 6.50. The van der Waals surface area contributed by atoms with Crippen LogP contribution in [-0.2, 0) is 11.2 Å². The number of aliphatic hydroxyl groups is 1. The van der Waals surface area contributed by atoms with E-state index in [4.69, 9.17) is 0 Å². The summed E-state index contributed by atoms with van der Waals surface area (Å²) in [6.07, 6.45) is 2.30. The molecule has 1 unspecified atom stereocenters. The van der Waals surface area contributed by atoms with Crippen LogP contribution in [-0.4, -0.2) is 59.6 Å². The number of aryl methyl sites for hydroxylation is 1. The van der Waals surface area contributed by atoms with E-state index >= 15 is 0 Å². The fourth-order valence-corrected chi connectivity index (χ4v) is 3.33. The molecule has 1 atom stereocenters. The van der Waals surface area contributed by atoms with Gasteiger partial charge in [-0.3, -0.25) is 9.69 Å². The summed E-state index contributed by atoms with van der Waals surface area (Å²) in [5.41, 5.74) is 0. The molecule has 4 nitrogen and oxygen atoms in total. The Bertz CT molecular complexity index is 398. The lowest BCUT2D eigenvalue weighted by Gasteiger charge is -2.35. The molecule has 1 amide bonds. The maximum atomic E-state index is 12.1. The summed E-state index contributed by atoms with van der Waals surface area (Å²) in [7, 11) is 0. The van der Waals surface area contributed by atoms with E-state index in [1.807, 2.05) is 11.8 Å². The van der Waals surface area contributed by atoms with Crippen LogP contribution in [0.15, 0.2) is 17.5 Å². The second kappa shape index (κ2) is 7.76. The molecule has 0 aromatic carbocycles. The summed E-state index contributed by atoms with van der Waals surface area (Å²) in [6.45, 7) is 5.86. The molecule has 1 N–H and O–H groups in total. The van der Waals surface area contributed by atoms with Crippen LogP contribution in [0.25, 0.3) is 0 Å². The van der Waals surface area contributed by atoms with E-state index < -0.39 is 0 Å². The molecule has 1 aliphatic heterocycles. The first kappa shape index (κ1) is 15.5. The summed E-state index contributed by atoms with van der Waals surface area (Å²) < 4.78 is 0. The molecule has 0 bridgehead atoms. The molecule has 5 heteroatoms. The van der Waals surface area contributed by atoms with Gasteiger partial charge in [0.05, 0.1) is 6.10 Å². The highest BCUT2D eigenvalue weighted by atomic mass is 32.1. The summed E-state index contributed by atoms with van der Waals surface area (Å²) >= 11 is 1.76. The molecular formula is C15H24N2O2S. The fourth-order valence-electron chi connectivity index (χ4n) is 2.58. The standard InChI is InChI=1S/C15H24N2O2S/c1-13(18)12-16-7-9-17(10-8-16)15(19)6-2-4-14-5-3-11-20-14/h3,5,11,13,18H,2,4,6-10,12H2,1H3. The molecule has 112 valence electrons. The Morgan fingerprint density at radius 2 is 2.15 bits per heavy atom. The second-order valence-electron chi connectivity index (χ2n) is 5.46. The van der Waals surface area contributed by atoms with Crippen molar-refractivity contribution in [2.75, 3.05) is 32.7 Å². The van der Waals surface area contributed by atoms with Gasteiger partial charge in [-0.15, -0.1) is 11.3 Å². The van der Waals surface area contributed by atoms with Crippen LogP contribution in [0.5, 0.6) is 0 Å². The molecule has 1 aromatic heterocycles. The maximum Gasteiger partial charge on any atom is 0.222 e. The number of hydrogen-bond donors (Lipinski definition) is 1. The van der Waals surface area contributed by atoms with E-state index in [1.54, 1.807) is 11.3 Å². The molecule has 2 rings (SSSR count). The van der Waals surface area contributed by atoms with Crippen molar-refractivity contribution in [2.24, 2.45) is 0 Å². The van der Waals surface area contributed by atoms with Gasteiger partial charge in [0, 0.05) is 44.0 Å². The lowest BCUT2D eigenvalue weighted by Crippen LogP contribution is -2.50. The van der Waals surface area contributed by atoms with E-state index in [9.17, 15) is 9.90 Å². The number of nitrogens with zero attached hydrogens (tertiary/aromatic N) is 2. The smallest absolute Gasteiger partial charge is 0.222 e. The first-order chi connectivity index (χ1) is 9.65. The predicted octanol–water partition coefficient (Wildman–Crippen LogP) is 1.60. The summed E-state index contributed by atoms with van der Waals surface area (Å²) in [4.78, 5) is 17.7. The van der Waals surface area contributed by atoms with Gasteiger partial charge in [0.1, 0.15) is 0 Å². The zero-order valence-corrected chi connectivity index (χ0v) is 12.9. The zero-order valence-electron chi connectivity index (χ0n) is 12.1. The highest BCUT2D eigenvalue weighted by molar-refractivity contribution is 7.09. The van der Waals surface area contributed by atoms with Crippen LogP contribution in [0.4, 0.5) is 0 Å². The van der Waals surface area contributed by atoms with Gasteiger partial charge in [-0.1, -0.05) is 6.07 Å². The fraction of sp³-hybridized carbons (Fsp3) is 0.667. The van der Waals surface area contributed by atoms with Gasteiger partial charge < -0.3 is 10.0 Å². The molecule has 0 spiro atoms. The Morgan fingerprint density at radius 3 is 2.75 bits per heavy atom. The van der Waals surface area contributed by atoms with Gasteiger partial charge in [0.25, 0.3) is 0 Å². The first-order valence-electron chi connectivity index (χ1n) is 7.35. The van der Waals surface area contributed by atoms with Gasteiger partial charge in [0.15, 0.2) is 0 Å². The summed E-state index contributed by atoms with van der Waals surface area (Å²) in [5.74, 6) is 0.276. The van der Waals surface area contributed by atoms with E-state index in [1.165, 1.54) is 4.88 Å². The monoisotopic (exact) mass is 296 g/mol. The van der Waals surface area contributed by atoms with Crippen LogP contribution in [0.2, 0.25) is 0 Å². The van der Waals surface area contributed by atoms with Crippen LogP contribution >= 0.6 is 11.3 Å². The number of thiophene rings is 1. The van der Waals surface area contributed by atoms with Crippen molar-refractivity contribution in [3.8, 4) is 0 Å². The third kappa shape index (κ3) is 4.89. The van der Waals surface area contributed by atoms with Crippen LogP contribution in [0, 0.1) is 0 Å². The Labute approximate surface area is 125 Å². The molecule has 1 aliphatic rings. The Kier molecular flexibility index (Phi) is 6.01. The van der Waals surface area contributed by atoms with Crippen LogP contribution in [0.3, 0.4) is 0 Å². The third-order valence-corrected chi connectivity index (χ3v) is 4.58. The minimum Gasteiger partial charge on any atom is -0.392 e. The van der Waals surface area contributed by atoms with Gasteiger partial charge in [-0.2, -0.15) is 0 Å². The molecule has 0 saturated carbocycles. The minimum atomic E-state index is -0.289. The average molecular weight is 296 g/mol. The minimum absolute atomic E-state index is 0.276. The third-order valence-electron chi connectivity index (χ3n) is 3.64. The molecule has 2 heterocycles. The first-order valence-corrected chi connectivity index (χ1v) is 8.23. The quantitative estimate of drug-likeness (QED) is 0.867. The summed E-state index contributed by atoms with van der Waals surface area (Å²) in [5, 5.41) is 11.4. The van der Waals surface area contributed by atoms with Crippen molar-refractivity contribution in [1.82, 2.24) is 9.80 Å². The predicted molar refractivity (Wildman–Crippen MR) is 82.0 cm³/mol. The number of β-amino-alcohol motifs (C(OH)–C–C–N with tert-alkyl or cyclic N) is 1. The number of carbonyl (C=O) groups is 1.